The van der Waals surface area contributed by atoms with Crippen molar-refractivity contribution in [1.29, 1.82) is 0 Å². The fraction of sp³-hybridized carbons (Fsp3) is 0. The molecule has 0 fully saturated rings. The van der Waals surface area contributed by atoms with E-state index in [0.717, 1.165) is 0 Å². The first-order valence-corrected chi connectivity index (χ1v) is 3.72. The van der Waals surface area contributed by atoms with E-state index < -0.39 is 0 Å². The van der Waals surface area contributed by atoms with Crippen LogP contribution in [0.25, 0.3) is 0 Å². The summed E-state index contributed by atoms with van der Waals surface area (Å²) in [5.41, 5.74) is 0. The quantitative estimate of drug-likeness (QED) is 0.441. The molecule has 0 aromatic rings. The molecule has 1 rings (SSSR count). The van der Waals surface area contributed by atoms with Crippen LogP contribution in [0.1, 0.15) is 0 Å². The van der Waals surface area contributed by atoms with Gasteiger partial charge in [0.05, 0.1) is 0 Å². The van der Waals surface area contributed by atoms with E-state index in [1.165, 1.54) is 0 Å². The van der Waals surface area contributed by atoms with Gasteiger partial charge in [0.1, 0.15) is 0 Å². The summed E-state index contributed by atoms with van der Waals surface area (Å²) in [4.78, 5) is 4.57. The van der Waals surface area contributed by atoms with Crippen LogP contribution in [-0.2, 0) is 4.84 Å². The van der Waals surface area contributed by atoms with Crippen LogP contribution in [0.15, 0.2) is 10.3 Å². The maximum atomic E-state index is 4.57. The Balaban J connectivity index is 2.32. The monoisotopic (exact) mass is 185 g/mol. The van der Waals surface area contributed by atoms with E-state index in [1.54, 1.807) is 6.26 Å². The second-order valence-electron chi connectivity index (χ2n) is 0.591. The standard InChI is InChI=1S/C2H4INO/c1-2-5-4-3-1/h1-4H. The van der Waals surface area contributed by atoms with Crippen molar-refractivity contribution in [2.45, 2.75) is 0 Å². The molecule has 5 heavy (non-hydrogen) atoms. The average Bonchev–Trinajstić information content (AvgIpc) is 1.76. The van der Waals surface area contributed by atoms with Gasteiger partial charge in [-0.05, 0) is 0 Å². The van der Waals surface area contributed by atoms with Gasteiger partial charge in [-0.3, -0.25) is 0 Å². The fourth-order valence-electron chi connectivity index (χ4n) is 0.139. The molecular weight excluding hydrogens is 181 g/mol. The molecule has 2 nitrogen and oxygen atoms in total. The molecule has 0 atom stereocenters. The van der Waals surface area contributed by atoms with E-state index >= 15 is 0 Å². The maximum absolute atomic E-state index is 4.57. The summed E-state index contributed by atoms with van der Waals surface area (Å²) in [6, 6.07) is 0. The first-order chi connectivity index (χ1) is 2.50. The molecule has 0 saturated heterocycles. The summed E-state index contributed by atoms with van der Waals surface area (Å²) in [6.45, 7) is 0. The summed E-state index contributed by atoms with van der Waals surface area (Å²) >= 11 is -0.0483. The minimum absolute atomic E-state index is 0.0483. The van der Waals surface area contributed by atoms with Gasteiger partial charge >= 0.3 is 40.4 Å². The third-order valence-corrected chi connectivity index (χ3v) is 1.54. The molecule has 0 aliphatic carbocycles. The predicted octanol–water partition coefficient (Wildman–Crippen LogP) is 0.610. The fourth-order valence-corrected chi connectivity index (χ4v) is 0.932. The number of hydrogen-bond donors (Lipinski definition) is 1. The molecular formula is C2H4INO. The summed E-state index contributed by atoms with van der Waals surface area (Å²) in [5, 5.41) is 0. The second-order valence-corrected chi connectivity index (χ2v) is 2.52. The van der Waals surface area contributed by atoms with Crippen LogP contribution in [-0.4, -0.2) is 0 Å². The average molecular weight is 185 g/mol. The van der Waals surface area contributed by atoms with Gasteiger partial charge in [-0.1, -0.05) is 0 Å². The molecule has 0 aromatic carbocycles. The van der Waals surface area contributed by atoms with Gasteiger partial charge in [-0.2, -0.15) is 0 Å². The van der Waals surface area contributed by atoms with E-state index in [-0.39, 0.29) is 21.5 Å². The Morgan fingerprint density at radius 1 is 1.80 bits per heavy atom. The zero-order chi connectivity index (χ0) is 3.54. The van der Waals surface area contributed by atoms with Crippen molar-refractivity contribution in [3.05, 3.63) is 10.3 Å². The van der Waals surface area contributed by atoms with Gasteiger partial charge < -0.3 is 0 Å². The van der Waals surface area contributed by atoms with Crippen LogP contribution >= 0.6 is 21.5 Å². The molecule has 30 valence electrons. The zero-order valence-corrected chi connectivity index (χ0v) is 4.80. The molecule has 3 heteroatoms. The molecule has 0 amide bonds. The minimum atomic E-state index is -0.0483. The Morgan fingerprint density at radius 3 is 3.00 bits per heavy atom. The summed E-state index contributed by atoms with van der Waals surface area (Å²) in [6.07, 6.45) is 1.68. The van der Waals surface area contributed by atoms with E-state index in [9.17, 15) is 0 Å². The first-order valence-electron chi connectivity index (χ1n) is 1.21. The van der Waals surface area contributed by atoms with Crippen LogP contribution in [0.3, 0.4) is 0 Å². The zero-order valence-electron chi connectivity index (χ0n) is 2.47. The van der Waals surface area contributed by atoms with Crippen LogP contribution in [0.2, 0.25) is 0 Å². The van der Waals surface area contributed by atoms with Crippen molar-refractivity contribution < 1.29 is 4.84 Å². The van der Waals surface area contributed by atoms with Gasteiger partial charge in [0.15, 0.2) is 0 Å². The van der Waals surface area contributed by atoms with Crippen LogP contribution in [0.4, 0.5) is 0 Å². The molecule has 1 heterocycles. The van der Waals surface area contributed by atoms with Gasteiger partial charge in [0.25, 0.3) is 0 Å². The van der Waals surface area contributed by atoms with Gasteiger partial charge in [-0.15, -0.1) is 0 Å². The number of halogens is 1. The van der Waals surface area contributed by atoms with Crippen molar-refractivity contribution in [2.75, 3.05) is 0 Å². The predicted molar refractivity (Wildman–Crippen MR) is 28.8 cm³/mol. The first kappa shape index (κ1) is 3.42. The molecule has 0 spiro atoms. The molecule has 1 aliphatic heterocycles. The van der Waals surface area contributed by atoms with Gasteiger partial charge in [-0.25, -0.2) is 0 Å². The number of nitrogens with one attached hydrogen (secondary N) is 1. The summed E-state index contributed by atoms with van der Waals surface area (Å²) < 4.78 is 4.77. The van der Waals surface area contributed by atoms with Crippen molar-refractivity contribution in [1.82, 2.24) is 3.69 Å². The Bertz CT molecular complexity index is 47.6. The third-order valence-electron chi connectivity index (χ3n) is 0.288. The molecule has 0 unspecified atom stereocenters. The number of rotatable bonds is 0. The van der Waals surface area contributed by atoms with Crippen molar-refractivity contribution in [3.8, 4) is 0 Å². The molecule has 0 aromatic heterocycles. The third kappa shape index (κ3) is 0.769. The summed E-state index contributed by atoms with van der Waals surface area (Å²) in [5.74, 6) is 0. The molecule has 0 radical (unpaired) electrons. The van der Waals surface area contributed by atoms with Crippen molar-refractivity contribution >= 4 is 21.5 Å². The van der Waals surface area contributed by atoms with E-state index in [4.69, 9.17) is 0 Å². The van der Waals surface area contributed by atoms with E-state index in [0.29, 0.717) is 0 Å². The molecule has 1 aliphatic rings. The Labute approximate surface area is 40.8 Å². The second kappa shape index (κ2) is 1.61. The van der Waals surface area contributed by atoms with Crippen LogP contribution in [0, 0.1) is 0 Å². The van der Waals surface area contributed by atoms with Crippen LogP contribution in [0.5, 0.6) is 0 Å². The van der Waals surface area contributed by atoms with E-state index in [1.807, 2.05) is 4.08 Å². The molecule has 0 bridgehead atoms. The van der Waals surface area contributed by atoms with Crippen LogP contribution < -0.4 is 3.69 Å². The Morgan fingerprint density at radius 2 is 2.80 bits per heavy atom. The topological polar surface area (TPSA) is 21.3 Å². The van der Waals surface area contributed by atoms with Gasteiger partial charge in [0.2, 0.25) is 0 Å². The van der Waals surface area contributed by atoms with Gasteiger partial charge in [0, 0.05) is 0 Å². The Kier molecular flexibility index (Phi) is 1.10. The molecule has 0 saturated carbocycles. The SMILES string of the molecule is C1=C[IH]NO1. The number of hydrogen-bond acceptors (Lipinski definition) is 2. The summed E-state index contributed by atoms with van der Waals surface area (Å²) in [7, 11) is 0. The normalized spacial score (nSPS) is 20.8. The van der Waals surface area contributed by atoms with E-state index in [2.05, 4.69) is 8.53 Å². The Hall–Kier alpha value is 0.230. The van der Waals surface area contributed by atoms with Crippen molar-refractivity contribution in [3.63, 3.8) is 0 Å². The molecule has 1 N–H and O–H groups in total. The van der Waals surface area contributed by atoms with Crippen molar-refractivity contribution in [2.24, 2.45) is 0 Å².